The molecule has 3 nitrogen and oxygen atoms in total. The lowest BCUT2D eigenvalue weighted by atomic mass is 10.1. The van der Waals surface area contributed by atoms with E-state index >= 15 is 0 Å². The van der Waals surface area contributed by atoms with Gasteiger partial charge in [-0.05, 0) is 31.6 Å². The Hall–Kier alpha value is -1.13. The van der Waals surface area contributed by atoms with Gasteiger partial charge in [0.2, 0.25) is 0 Å². The van der Waals surface area contributed by atoms with Gasteiger partial charge in [-0.15, -0.1) is 0 Å². The molecule has 0 heterocycles. The number of nitrogens with zero attached hydrogens (tertiary/aromatic N) is 1. The number of hydrogen-bond donors (Lipinski definition) is 2. The molecular formula is C14H23N3S. The Labute approximate surface area is 115 Å². The molecule has 0 spiro atoms. The molecule has 1 aromatic rings. The lowest BCUT2D eigenvalue weighted by Gasteiger charge is -2.20. The molecule has 0 aliphatic heterocycles. The zero-order chi connectivity index (χ0) is 13.5. The summed E-state index contributed by atoms with van der Waals surface area (Å²) in [6, 6.07) is 6.02. The zero-order valence-electron chi connectivity index (χ0n) is 11.5. The predicted molar refractivity (Wildman–Crippen MR) is 83.3 cm³/mol. The number of nitrogens with one attached hydrogen (secondary N) is 1. The normalized spacial score (nSPS) is 10.7. The van der Waals surface area contributed by atoms with Crippen LogP contribution in [0.2, 0.25) is 0 Å². The van der Waals surface area contributed by atoms with Crippen LogP contribution in [0.5, 0.6) is 0 Å². The van der Waals surface area contributed by atoms with Crippen molar-refractivity contribution in [1.29, 1.82) is 0 Å². The highest BCUT2D eigenvalue weighted by atomic mass is 32.1. The Morgan fingerprint density at radius 1 is 1.33 bits per heavy atom. The van der Waals surface area contributed by atoms with Crippen LogP contribution in [0.3, 0.4) is 0 Å². The number of thiocarbonyl (C=S) groups is 1. The number of benzene rings is 1. The summed E-state index contributed by atoms with van der Waals surface area (Å²) in [7, 11) is 0. The number of para-hydroxylation sites is 1. The van der Waals surface area contributed by atoms with Crippen LogP contribution in [0.15, 0.2) is 18.2 Å². The molecule has 100 valence electrons. The first kappa shape index (κ1) is 14.9. The molecule has 0 atom stereocenters. The summed E-state index contributed by atoms with van der Waals surface area (Å²) in [5.41, 5.74) is 8.93. The maximum atomic E-state index is 5.75. The molecule has 18 heavy (non-hydrogen) atoms. The molecule has 0 fully saturated rings. The Balaban J connectivity index is 2.69. The van der Waals surface area contributed by atoms with Crippen molar-refractivity contribution in [3.05, 3.63) is 29.3 Å². The standard InChI is InChI=1S/C14H23N3S/c1-4-17(5-2)10-9-16-13-11(3)7-6-8-12(13)14(15)18/h6-8,16H,4-5,9-10H2,1-3H3,(H2,15,18). The number of anilines is 1. The minimum Gasteiger partial charge on any atom is -0.389 e. The molecule has 0 bridgehead atoms. The third kappa shape index (κ3) is 3.96. The molecule has 0 radical (unpaired) electrons. The SMILES string of the molecule is CCN(CC)CCNc1c(C)cccc1C(N)=S. The third-order valence-electron chi connectivity index (χ3n) is 3.16. The fourth-order valence-electron chi connectivity index (χ4n) is 1.99. The second kappa shape index (κ2) is 7.34. The number of rotatable bonds is 7. The Kier molecular flexibility index (Phi) is 6.09. The smallest absolute Gasteiger partial charge is 0.106 e. The number of nitrogens with two attached hydrogens (primary N) is 1. The minimum atomic E-state index is 0.448. The van der Waals surface area contributed by atoms with E-state index < -0.39 is 0 Å². The molecule has 0 aliphatic rings. The maximum absolute atomic E-state index is 5.75. The van der Waals surface area contributed by atoms with Crippen LogP contribution in [0, 0.1) is 6.92 Å². The van der Waals surface area contributed by atoms with Gasteiger partial charge in [0.25, 0.3) is 0 Å². The van der Waals surface area contributed by atoms with E-state index in [1.165, 1.54) is 5.56 Å². The summed E-state index contributed by atoms with van der Waals surface area (Å²) in [4.78, 5) is 2.83. The van der Waals surface area contributed by atoms with E-state index in [0.717, 1.165) is 37.4 Å². The van der Waals surface area contributed by atoms with Gasteiger partial charge in [-0.3, -0.25) is 0 Å². The molecule has 0 saturated heterocycles. The first-order valence-electron chi connectivity index (χ1n) is 6.45. The second-order valence-corrected chi connectivity index (χ2v) is 4.76. The Morgan fingerprint density at radius 2 is 2.00 bits per heavy atom. The molecule has 0 aliphatic carbocycles. The van der Waals surface area contributed by atoms with E-state index in [1.54, 1.807) is 0 Å². The van der Waals surface area contributed by atoms with E-state index in [2.05, 4.69) is 37.1 Å². The molecule has 3 N–H and O–H groups in total. The summed E-state index contributed by atoms with van der Waals surface area (Å²) in [5.74, 6) is 0. The van der Waals surface area contributed by atoms with Crippen molar-refractivity contribution in [3.63, 3.8) is 0 Å². The van der Waals surface area contributed by atoms with Crippen molar-refractivity contribution in [2.24, 2.45) is 5.73 Å². The van der Waals surface area contributed by atoms with Crippen LogP contribution < -0.4 is 11.1 Å². The van der Waals surface area contributed by atoms with Gasteiger partial charge in [-0.2, -0.15) is 0 Å². The van der Waals surface area contributed by atoms with Gasteiger partial charge in [-0.25, -0.2) is 0 Å². The number of likely N-dealkylation sites (N-methyl/N-ethyl adjacent to an activating group) is 1. The summed E-state index contributed by atoms with van der Waals surface area (Å²) in [6.45, 7) is 10.5. The van der Waals surface area contributed by atoms with E-state index in [0.29, 0.717) is 4.99 Å². The van der Waals surface area contributed by atoms with Crippen molar-refractivity contribution >= 4 is 22.9 Å². The van der Waals surface area contributed by atoms with Crippen molar-refractivity contribution in [1.82, 2.24) is 4.90 Å². The zero-order valence-corrected chi connectivity index (χ0v) is 12.3. The van der Waals surface area contributed by atoms with Gasteiger partial charge in [-0.1, -0.05) is 38.2 Å². The van der Waals surface area contributed by atoms with E-state index in [9.17, 15) is 0 Å². The molecule has 0 aromatic heterocycles. The minimum absolute atomic E-state index is 0.448. The molecule has 0 amide bonds. The molecular weight excluding hydrogens is 242 g/mol. The van der Waals surface area contributed by atoms with Crippen LogP contribution in [0.1, 0.15) is 25.0 Å². The van der Waals surface area contributed by atoms with Crippen LogP contribution in [-0.4, -0.2) is 36.1 Å². The van der Waals surface area contributed by atoms with Gasteiger partial charge in [0.15, 0.2) is 0 Å². The van der Waals surface area contributed by atoms with Gasteiger partial charge in [0.05, 0.1) is 0 Å². The highest BCUT2D eigenvalue weighted by Gasteiger charge is 2.07. The summed E-state index contributed by atoms with van der Waals surface area (Å²) in [6.07, 6.45) is 0. The average Bonchev–Trinajstić information content (AvgIpc) is 2.36. The van der Waals surface area contributed by atoms with Crippen LogP contribution in [0.4, 0.5) is 5.69 Å². The third-order valence-corrected chi connectivity index (χ3v) is 3.38. The maximum Gasteiger partial charge on any atom is 0.106 e. The van der Waals surface area contributed by atoms with E-state index in [-0.39, 0.29) is 0 Å². The van der Waals surface area contributed by atoms with Crippen molar-refractivity contribution in [2.75, 3.05) is 31.5 Å². The lowest BCUT2D eigenvalue weighted by Crippen LogP contribution is -2.29. The van der Waals surface area contributed by atoms with E-state index in [4.69, 9.17) is 18.0 Å². The van der Waals surface area contributed by atoms with E-state index in [1.807, 2.05) is 12.1 Å². The van der Waals surface area contributed by atoms with Crippen molar-refractivity contribution in [3.8, 4) is 0 Å². The quantitative estimate of drug-likeness (QED) is 0.743. The highest BCUT2D eigenvalue weighted by Crippen LogP contribution is 2.20. The summed E-state index contributed by atoms with van der Waals surface area (Å²) < 4.78 is 0. The fourth-order valence-corrected chi connectivity index (χ4v) is 2.16. The summed E-state index contributed by atoms with van der Waals surface area (Å²) in [5, 5.41) is 3.45. The first-order valence-corrected chi connectivity index (χ1v) is 6.86. The van der Waals surface area contributed by atoms with Gasteiger partial charge in [0, 0.05) is 24.3 Å². The highest BCUT2D eigenvalue weighted by molar-refractivity contribution is 7.80. The van der Waals surface area contributed by atoms with Gasteiger partial charge >= 0.3 is 0 Å². The Bertz CT molecular complexity index is 400. The second-order valence-electron chi connectivity index (χ2n) is 4.32. The molecule has 0 saturated carbocycles. The molecule has 0 unspecified atom stereocenters. The van der Waals surface area contributed by atoms with Crippen LogP contribution in [-0.2, 0) is 0 Å². The van der Waals surface area contributed by atoms with Gasteiger partial charge < -0.3 is 16.0 Å². The number of aryl methyl sites for hydroxylation is 1. The molecule has 1 rings (SSSR count). The topological polar surface area (TPSA) is 41.3 Å². The van der Waals surface area contributed by atoms with Crippen LogP contribution >= 0.6 is 12.2 Å². The predicted octanol–water partition coefficient (Wildman–Crippen LogP) is 2.38. The fraction of sp³-hybridized carbons (Fsp3) is 0.500. The molecule has 1 aromatic carbocycles. The summed E-state index contributed by atoms with van der Waals surface area (Å²) >= 11 is 5.08. The Morgan fingerprint density at radius 3 is 2.56 bits per heavy atom. The van der Waals surface area contributed by atoms with Gasteiger partial charge in [0.1, 0.15) is 4.99 Å². The van der Waals surface area contributed by atoms with Crippen molar-refractivity contribution in [2.45, 2.75) is 20.8 Å². The molecule has 4 heteroatoms. The lowest BCUT2D eigenvalue weighted by molar-refractivity contribution is 0.316. The average molecular weight is 265 g/mol. The van der Waals surface area contributed by atoms with Crippen molar-refractivity contribution < 1.29 is 0 Å². The largest absolute Gasteiger partial charge is 0.389 e. The van der Waals surface area contributed by atoms with Crippen LogP contribution in [0.25, 0.3) is 0 Å². The monoisotopic (exact) mass is 265 g/mol. The number of hydrogen-bond acceptors (Lipinski definition) is 3. The first-order chi connectivity index (χ1) is 8.60.